The smallest absolute Gasteiger partial charge is 0.236 e. The molecule has 7 nitrogen and oxygen atoms in total. The number of hydrogen-bond acceptors (Lipinski definition) is 6. The third-order valence-electron chi connectivity index (χ3n) is 4.34. The standard InChI is InChI=1S/C19H14N6O/c1-20-19-15(16(24-26-19)12-7-3-2-4-8-12)18-23-22-17-14-10-6-5-9-13(14)11-21-25(17)18/h2-11,20H,1H3. The molecule has 3 aromatic heterocycles. The van der Waals surface area contributed by atoms with E-state index in [1.54, 1.807) is 11.6 Å². The van der Waals surface area contributed by atoms with Crippen molar-refractivity contribution in [2.75, 3.05) is 12.4 Å². The molecule has 0 saturated carbocycles. The molecule has 0 spiro atoms. The molecular formula is C19H14N6O. The minimum Gasteiger partial charge on any atom is -0.356 e. The van der Waals surface area contributed by atoms with Crippen molar-refractivity contribution in [2.45, 2.75) is 0 Å². The summed E-state index contributed by atoms with van der Waals surface area (Å²) in [5, 5.41) is 22.6. The minimum atomic E-state index is 0.521. The van der Waals surface area contributed by atoms with E-state index in [0.717, 1.165) is 21.9 Å². The van der Waals surface area contributed by atoms with Crippen LogP contribution in [0.15, 0.2) is 65.3 Å². The largest absolute Gasteiger partial charge is 0.356 e. The lowest BCUT2D eigenvalue weighted by molar-refractivity contribution is 0.437. The SMILES string of the molecule is CNc1onc(-c2ccccc2)c1-c1nnc2c3ccccc3cnn12. The van der Waals surface area contributed by atoms with Gasteiger partial charge >= 0.3 is 0 Å². The minimum absolute atomic E-state index is 0.521. The third kappa shape index (κ3) is 2.07. The Morgan fingerprint density at radius 2 is 1.77 bits per heavy atom. The van der Waals surface area contributed by atoms with E-state index in [0.29, 0.717) is 23.0 Å². The third-order valence-corrected chi connectivity index (χ3v) is 4.34. The van der Waals surface area contributed by atoms with Crippen molar-refractivity contribution < 1.29 is 4.52 Å². The summed E-state index contributed by atoms with van der Waals surface area (Å²) in [4.78, 5) is 0. The maximum absolute atomic E-state index is 5.49. The van der Waals surface area contributed by atoms with Crippen molar-refractivity contribution >= 4 is 22.3 Å². The van der Waals surface area contributed by atoms with Crippen LogP contribution in [0.25, 0.3) is 39.1 Å². The van der Waals surface area contributed by atoms with Gasteiger partial charge < -0.3 is 9.84 Å². The molecule has 0 bridgehead atoms. The van der Waals surface area contributed by atoms with Crippen LogP contribution in [-0.4, -0.2) is 32.0 Å². The van der Waals surface area contributed by atoms with Gasteiger partial charge in [0.05, 0.1) is 6.20 Å². The Balaban J connectivity index is 1.81. The molecule has 7 heteroatoms. The average Bonchev–Trinajstić information content (AvgIpc) is 3.32. The summed E-state index contributed by atoms with van der Waals surface area (Å²) in [5.41, 5.74) is 3.05. The lowest BCUT2D eigenvalue weighted by atomic mass is 10.1. The predicted molar refractivity (Wildman–Crippen MR) is 98.8 cm³/mol. The maximum Gasteiger partial charge on any atom is 0.236 e. The van der Waals surface area contributed by atoms with E-state index >= 15 is 0 Å². The summed E-state index contributed by atoms with van der Waals surface area (Å²) in [6.45, 7) is 0. The fourth-order valence-electron chi connectivity index (χ4n) is 3.11. The average molecular weight is 342 g/mol. The van der Waals surface area contributed by atoms with Gasteiger partial charge in [-0.2, -0.15) is 9.61 Å². The molecule has 5 rings (SSSR count). The van der Waals surface area contributed by atoms with Crippen molar-refractivity contribution in [1.82, 2.24) is 25.0 Å². The van der Waals surface area contributed by atoms with Crippen LogP contribution in [0.4, 0.5) is 5.88 Å². The summed E-state index contributed by atoms with van der Waals surface area (Å²) in [5.74, 6) is 1.10. The molecule has 3 heterocycles. The van der Waals surface area contributed by atoms with E-state index in [4.69, 9.17) is 4.52 Å². The Kier molecular flexibility index (Phi) is 3.18. The zero-order valence-corrected chi connectivity index (χ0v) is 13.9. The summed E-state index contributed by atoms with van der Waals surface area (Å²) in [6.07, 6.45) is 1.81. The van der Waals surface area contributed by atoms with Crippen LogP contribution in [0.2, 0.25) is 0 Å². The van der Waals surface area contributed by atoms with Crippen LogP contribution in [0.3, 0.4) is 0 Å². The van der Waals surface area contributed by atoms with Crippen LogP contribution in [0.1, 0.15) is 0 Å². The first kappa shape index (κ1) is 14.6. The lowest BCUT2D eigenvalue weighted by Gasteiger charge is -2.03. The maximum atomic E-state index is 5.49. The highest BCUT2D eigenvalue weighted by molar-refractivity contribution is 5.94. The number of aromatic nitrogens is 5. The zero-order chi connectivity index (χ0) is 17.5. The molecule has 1 N–H and O–H groups in total. The molecule has 0 amide bonds. The number of rotatable bonds is 3. The van der Waals surface area contributed by atoms with E-state index in [9.17, 15) is 0 Å². The molecule has 126 valence electrons. The van der Waals surface area contributed by atoms with Gasteiger partial charge in [0.2, 0.25) is 5.88 Å². The van der Waals surface area contributed by atoms with Crippen molar-refractivity contribution in [3.63, 3.8) is 0 Å². The van der Waals surface area contributed by atoms with Crippen molar-refractivity contribution in [3.05, 3.63) is 60.8 Å². The van der Waals surface area contributed by atoms with E-state index in [-0.39, 0.29) is 0 Å². The monoisotopic (exact) mass is 342 g/mol. The Labute approximate surface area is 148 Å². The van der Waals surface area contributed by atoms with E-state index in [1.807, 2.05) is 60.8 Å². The van der Waals surface area contributed by atoms with Gasteiger partial charge in [-0.15, -0.1) is 10.2 Å². The molecule has 0 saturated heterocycles. The fourth-order valence-corrected chi connectivity index (χ4v) is 3.11. The van der Waals surface area contributed by atoms with Crippen LogP contribution in [0.5, 0.6) is 0 Å². The Bertz CT molecular complexity index is 1220. The molecular weight excluding hydrogens is 328 g/mol. The molecule has 0 atom stereocenters. The highest BCUT2D eigenvalue weighted by Gasteiger charge is 2.24. The summed E-state index contributed by atoms with van der Waals surface area (Å²) in [6, 6.07) is 17.8. The number of hydrogen-bond donors (Lipinski definition) is 1. The van der Waals surface area contributed by atoms with E-state index in [1.165, 1.54) is 0 Å². The number of anilines is 1. The number of nitrogens with one attached hydrogen (secondary N) is 1. The first-order chi connectivity index (χ1) is 12.9. The number of nitrogens with zero attached hydrogens (tertiary/aromatic N) is 5. The lowest BCUT2D eigenvalue weighted by Crippen LogP contribution is -1.98. The van der Waals surface area contributed by atoms with E-state index in [2.05, 4.69) is 25.8 Å². The Morgan fingerprint density at radius 3 is 2.62 bits per heavy atom. The summed E-state index contributed by atoms with van der Waals surface area (Å²) >= 11 is 0. The van der Waals surface area contributed by atoms with Crippen LogP contribution in [0, 0.1) is 0 Å². The molecule has 5 aromatic rings. The van der Waals surface area contributed by atoms with Crippen LogP contribution in [-0.2, 0) is 0 Å². The van der Waals surface area contributed by atoms with Gasteiger partial charge in [0, 0.05) is 23.4 Å². The topological polar surface area (TPSA) is 81.1 Å². The van der Waals surface area contributed by atoms with Crippen molar-refractivity contribution in [2.24, 2.45) is 0 Å². The predicted octanol–water partition coefficient (Wildman–Crippen LogP) is 3.64. The van der Waals surface area contributed by atoms with E-state index < -0.39 is 0 Å². The van der Waals surface area contributed by atoms with Gasteiger partial charge in [0.1, 0.15) is 11.3 Å². The van der Waals surface area contributed by atoms with Gasteiger partial charge in [-0.05, 0) is 0 Å². The van der Waals surface area contributed by atoms with Gasteiger partial charge in [-0.3, -0.25) is 0 Å². The first-order valence-corrected chi connectivity index (χ1v) is 8.19. The van der Waals surface area contributed by atoms with Crippen molar-refractivity contribution in [1.29, 1.82) is 0 Å². The summed E-state index contributed by atoms with van der Waals surface area (Å²) < 4.78 is 7.21. The van der Waals surface area contributed by atoms with Gasteiger partial charge in [0.25, 0.3) is 0 Å². The highest BCUT2D eigenvalue weighted by Crippen LogP contribution is 2.36. The van der Waals surface area contributed by atoms with Crippen LogP contribution >= 0.6 is 0 Å². The molecule has 26 heavy (non-hydrogen) atoms. The Morgan fingerprint density at radius 1 is 0.962 bits per heavy atom. The van der Waals surface area contributed by atoms with Gasteiger partial charge in [-0.25, -0.2) is 0 Å². The molecule has 0 aliphatic heterocycles. The molecule has 0 radical (unpaired) electrons. The van der Waals surface area contributed by atoms with Gasteiger partial charge in [0.15, 0.2) is 11.5 Å². The first-order valence-electron chi connectivity index (χ1n) is 8.19. The summed E-state index contributed by atoms with van der Waals surface area (Å²) in [7, 11) is 1.78. The normalized spacial score (nSPS) is 11.3. The zero-order valence-electron chi connectivity index (χ0n) is 13.9. The molecule has 0 aliphatic carbocycles. The molecule has 2 aromatic carbocycles. The molecule has 0 fully saturated rings. The van der Waals surface area contributed by atoms with Crippen molar-refractivity contribution in [3.8, 4) is 22.6 Å². The molecule has 0 aliphatic rings. The Hall–Kier alpha value is -3.74. The van der Waals surface area contributed by atoms with Crippen LogP contribution < -0.4 is 5.32 Å². The van der Waals surface area contributed by atoms with Gasteiger partial charge in [-0.1, -0.05) is 59.8 Å². The number of fused-ring (bicyclic) bond motifs is 3. The second kappa shape index (κ2) is 5.66. The quantitative estimate of drug-likeness (QED) is 0.539. The highest BCUT2D eigenvalue weighted by atomic mass is 16.5. The molecule has 0 unspecified atom stereocenters. The second-order valence-corrected chi connectivity index (χ2v) is 5.84. The second-order valence-electron chi connectivity index (χ2n) is 5.84. The fraction of sp³-hybridized carbons (Fsp3) is 0.0526. The number of benzene rings is 2.